The molecule has 0 bridgehead atoms. The summed E-state index contributed by atoms with van der Waals surface area (Å²) in [5.41, 5.74) is 2.67. The number of fused-ring (bicyclic) bond motifs is 1. The first-order chi connectivity index (χ1) is 11.3. The molecule has 8 heteroatoms. The van der Waals surface area contributed by atoms with Gasteiger partial charge in [0.25, 0.3) is 5.56 Å². The second kappa shape index (κ2) is 5.88. The van der Waals surface area contributed by atoms with Crippen molar-refractivity contribution in [2.45, 2.75) is 32.2 Å². The molecule has 3 aromatic rings. The Balaban J connectivity index is 1.92. The first-order valence-corrected chi connectivity index (χ1v) is 8.90. The number of nitrogens with one attached hydrogen (secondary N) is 3. The summed E-state index contributed by atoms with van der Waals surface area (Å²) in [7, 11) is -3.75. The Labute approximate surface area is 139 Å². The minimum Gasteiger partial charge on any atom is -0.322 e. The largest absolute Gasteiger partial charge is 0.322 e. The number of benzene rings is 1. The number of nitrogens with zero attached hydrogens (tertiary/aromatic N) is 1. The average molecular weight is 346 g/mol. The molecular weight excluding hydrogens is 328 g/mol. The maximum Gasteiger partial charge on any atom is 0.252 e. The van der Waals surface area contributed by atoms with Crippen LogP contribution in [0.1, 0.15) is 22.5 Å². The molecule has 24 heavy (non-hydrogen) atoms. The Kier molecular flexibility index (Phi) is 4.02. The molecule has 0 radical (unpaired) electrons. The smallest absolute Gasteiger partial charge is 0.252 e. The lowest BCUT2D eigenvalue weighted by atomic mass is 10.1. The minimum atomic E-state index is -3.75. The molecule has 2 heterocycles. The average Bonchev–Trinajstić information content (AvgIpc) is 2.85. The Bertz CT molecular complexity index is 1060. The normalized spacial score (nSPS) is 12.0. The van der Waals surface area contributed by atoms with Crippen molar-refractivity contribution in [3.8, 4) is 0 Å². The van der Waals surface area contributed by atoms with Gasteiger partial charge in [-0.25, -0.2) is 13.1 Å². The highest BCUT2D eigenvalue weighted by Crippen LogP contribution is 2.17. The molecule has 0 atom stereocenters. The zero-order valence-electron chi connectivity index (χ0n) is 13.6. The quantitative estimate of drug-likeness (QED) is 0.667. The fourth-order valence-electron chi connectivity index (χ4n) is 2.67. The molecule has 0 saturated carbocycles. The molecule has 0 amide bonds. The van der Waals surface area contributed by atoms with Crippen molar-refractivity contribution in [3.05, 3.63) is 57.1 Å². The van der Waals surface area contributed by atoms with E-state index in [9.17, 15) is 13.2 Å². The molecule has 0 aliphatic carbocycles. The molecule has 3 N–H and O–H groups in total. The van der Waals surface area contributed by atoms with Crippen LogP contribution in [0.25, 0.3) is 10.9 Å². The van der Waals surface area contributed by atoms with Crippen LogP contribution in [-0.4, -0.2) is 23.6 Å². The van der Waals surface area contributed by atoms with Crippen LogP contribution in [0.15, 0.2) is 34.0 Å². The van der Waals surface area contributed by atoms with E-state index in [-0.39, 0.29) is 17.0 Å². The Morgan fingerprint density at radius 1 is 1.17 bits per heavy atom. The predicted octanol–water partition coefficient (Wildman–Crippen LogP) is 1.65. The van der Waals surface area contributed by atoms with Crippen molar-refractivity contribution in [1.82, 2.24) is 19.9 Å². The summed E-state index contributed by atoms with van der Waals surface area (Å²) in [5, 5.41) is 7.39. The van der Waals surface area contributed by atoms with Crippen molar-refractivity contribution < 1.29 is 8.42 Å². The minimum absolute atomic E-state index is 0.0917. The monoisotopic (exact) mass is 346 g/mol. The second-order valence-electron chi connectivity index (χ2n) is 5.80. The predicted molar refractivity (Wildman–Crippen MR) is 91.4 cm³/mol. The molecule has 1 aromatic carbocycles. The summed E-state index contributed by atoms with van der Waals surface area (Å²) in [4.78, 5) is 15.1. The molecule has 7 nitrogen and oxygen atoms in total. The van der Waals surface area contributed by atoms with Crippen LogP contribution >= 0.6 is 0 Å². The molecule has 2 aromatic heterocycles. The van der Waals surface area contributed by atoms with Gasteiger partial charge in [-0.3, -0.25) is 9.89 Å². The van der Waals surface area contributed by atoms with Crippen LogP contribution in [0, 0.1) is 20.8 Å². The second-order valence-corrected chi connectivity index (χ2v) is 7.51. The van der Waals surface area contributed by atoms with E-state index in [1.165, 1.54) is 0 Å². The Hall–Kier alpha value is -2.45. The van der Waals surface area contributed by atoms with Gasteiger partial charge in [-0.2, -0.15) is 5.10 Å². The Morgan fingerprint density at radius 2 is 1.92 bits per heavy atom. The Morgan fingerprint density at radius 3 is 2.58 bits per heavy atom. The molecule has 126 valence electrons. The third-order valence-corrected chi connectivity index (χ3v) is 5.52. The maximum absolute atomic E-state index is 12.4. The molecule has 0 aliphatic rings. The van der Waals surface area contributed by atoms with E-state index in [0.717, 1.165) is 16.5 Å². The first kappa shape index (κ1) is 16.4. The van der Waals surface area contributed by atoms with Crippen molar-refractivity contribution >= 4 is 20.9 Å². The number of aromatic nitrogens is 3. The lowest BCUT2D eigenvalue weighted by Crippen LogP contribution is -2.27. The van der Waals surface area contributed by atoms with Crippen molar-refractivity contribution in [3.63, 3.8) is 0 Å². The number of sulfonamides is 1. The molecular formula is C16H18N4O3S. The number of rotatable bonds is 4. The summed E-state index contributed by atoms with van der Waals surface area (Å²) in [5.74, 6) is 0. The number of hydrogen-bond donors (Lipinski definition) is 3. The van der Waals surface area contributed by atoms with Gasteiger partial charge >= 0.3 is 0 Å². The number of H-pyrrole nitrogens is 2. The maximum atomic E-state index is 12.4. The third kappa shape index (κ3) is 2.98. The fourth-order valence-corrected chi connectivity index (χ4v) is 4.05. The van der Waals surface area contributed by atoms with E-state index in [4.69, 9.17) is 0 Å². The van der Waals surface area contributed by atoms with Gasteiger partial charge < -0.3 is 4.98 Å². The summed E-state index contributed by atoms with van der Waals surface area (Å²) in [6, 6.07) is 7.41. The van der Waals surface area contributed by atoms with Crippen molar-refractivity contribution in [2.75, 3.05) is 0 Å². The summed E-state index contributed by atoms with van der Waals surface area (Å²) in [6.07, 6.45) is 0. The van der Waals surface area contributed by atoms with E-state index in [1.54, 1.807) is 19.9 Å². The van der Waals surface area contributed by atoms with Crippen LogP contribution in [0.4, 0.5) is 0 Å². The van der Waals surface area contributed by atoms with Gasteiger partial charge in [-0.05, 0) is 43.9 Å². The topological polar surface area (TPSA) is 108 Å². The van der Waals surface area contributed by atoms with Crippen LogP contribution in [0.2, 0.25) is 0 Å². The highest BCUT2D eigenvalue weighted by molar-refractivity contribution is 7.89. The molecule has 3 rings (SSSR count). The summed E-state index contributed by atoms with van der Waals surface area (Å²) >= 11 is 0. The lowest BCUT2D eigenvalue weighted by Gasteiger charge is -2.08. The number of pyridine rings is 1. The third-order valence-electron chi connectivity index (χ3n) is 3.86. The van der Waals surface area contributed by atoms with Crippen LogP contribution in [0.3, 0.4) is 0 Å². The van der Waals surface area contributed by atoms with Crippen LogP contribution in [0.5, 0.6) is 0 Å². The van der Waals surface area contributed by atoms with Crippen molar-refractivity contribution in [2.24, 2.45) is 0 Å². The zero-order chi connectivity index (χ0) is 17.5. The van der Waals surface area contributed by atoms with E-state index >= 15 is 0 Å². The molecule has 0 saturated heterocycles. The first-order valence-electron chi connectivity index (χ1n) is 7.42. The van der Waals surface area contributed by atoms with Gasteiger partial charge in [-0.15, -0.1) is 0 Å². The van der Waals surface area contributed by atoms with Gasteiger partial charge in [0.05, 0.1) is 11.4 Å². The fraction of sp³-hybridized carbons (Fsp3) is 0.250. The zero-order valence-corrected chi connectivity index (χ0v) is 14.4. The van der Waals surface area contributed by atoms with E-state index in [2.05, 4.69) is 19.9 Å². The lowest BCUT2D eigenvalue weighted by molar-refractivity contribution is 0.580. The van der Waals surface area contributed by atoms with E-state index in [1.807, 2.05) is 25.1 Å². The van der Waals surface area contributed by atoms with Gasteiger partial charge in [0.15, 0.2) is 0 Å². The standard InChI is InChI=1S/C16H18N4O3S/c1-9-4-5-12-7-13(16(21)18-14(12)6-9)8-17-24(22,23)15-10(2)19-20-11(15)3/h4-7,17H,8H2,1-3H3,(H,18,21)(H,19,20). The summed E-state index contributed by atoms with van der Waals surface area (Å²) < 4.78 is 27.4. The molecule has 0 spiro atoms. The van der Waals surface area contributed by atoms with E-state index < -0.39 is 10.0 Å². The van der Waals surface area contributed by atoms with Gasteiger partial charge in [0, 0.05) is 17.6 Å². The molecule has 0 fully saturated rings. The van der Waals surface area contributed by atoms with Crippen molar-refractivity contribution in [1.29, 1.82) is 0 Å². The number of hydrogen-bond acceptors (Lipinski definition) is 4. The van der Waals surface area contributed by atoms with Gasteiger partial charge in [0.2, 0.25) is 10.0 Å². The molecule has 0 unspecified atom stereocenters. The van der Waals surface area contributed by atoms with Crippen LogP contribution < -0.4 is 10.3 Å². The highest BCUT2D eigenvalue weighted by atomic mass is 32.2. The molecule has 0 aliphatic heterocycles. The van der Waals surface area contributed by atoms with Crippen LogP contribution in [-0.2, 0) is 16.6 Å². The summed E-state index contributed by atoms with van der Waals surface area (Å²) in [6.45, 7) is 5.10. The highest BCUT2D eigenvalue weighted by Gasteiger charge is 2.22. The van der Waals surface area contributed by atoms with E-state index in [0.29, 0.717) is 17.0 Å². The van der Waals surface area contributed by atoms with Gasteiger partial charge in [0.1, 0.15) is 4.90 Å². The van der Waals surface area contributed by atoms with Gasteiger partial charge in [-0.1, -0.05) is 12.1 Å². The number of aromatic amines is 2. The SMILES string of the molecule is Cc1ccc2cc(CNS(=O)(=O)c3c(C)n[nH]c3C)c(=O)[nH]c2c1. The number of aryl methyl sites for hydroxylation is 3.